The largest absolute Gasteiger partial charge is 0.352 e. The van der Waals surface area contributed by atoms with Gasteiger partial charge in [0.2, 0.25) is 0 Å². The van der Waals surface area contributed by atoms with Crippen molar-refractivity contribution in [2.24, 2.45) is 11.3 Å². The van der Waals surface area contributed by atoms with Crippen molar-refractivity contribution in [3.63, 3.8) is 0 Å². The summed E-state index contributed by atoms with van der Waals surface area (Å²) in [5.74, 6) is 0.667. The predicted molar refractivity (Wildman–Crippen MR) is 37.6 cm³/mol. The maximum atomic E-state index is 5.47. The quantitative estimate of drug-likeness (QED) is 0.509. The molecule has 10 heavy (non-hydrogen) atoms. The Bertz CT molecular complexity index is 146. The predicted octanol–water partition coefficient (Wildman–Crippen LogP) is 1.41. The van der Waals surface area contributed by atoms with E-state index >= 15 is 0 Å². The summed E-state index contributed by atoms with van der Waals surface area (Å²) >= 11 is 0. The van der Waals surface area contributed by atoms with Crippen LogP contribution in [0.1, 0.15) is 20.3 Å². The summed E-state index contributed by atoms with van der Waals surface area (Å²) in [5.41, 5.74) is 0.319. The Kier molecular flexibility index (Phi) is 1.29. The Hall–Kier alpha value is -0.0800. The third-order valence-electron chi connectivity index (χ3n) is 3.07. The van der Waals surface area contributed by atoms with Crippen molar-refractivity contribution in [2.75, 3.05) is 13.2 Å². The monoisotopic (exact) mass is 142 g/mol. The van der Waals surface area contributed by atoms with Gasteiger partial charge in [0.05, 0.1) is 13.2 Å². The Labute approximate surface area is 61.5 Å². The fraction of sp³-hybridized carbons (Fsp3) is 1.00. The number of rotatable bonds is 0. The van der Waals surface area contributed by atoms with Crippen molar-refractivity contribution in [1.29, 1.82) is 0 Å². The van der Waals surface area contributed by atoms with Gasteiger partial charge >= 0.3 is 0 Å². The molecule has 2 heterocycles. The van der Waals surface area contributed by atoms with E-state index in [2.05, 4.69) is 13.8 Å². The summed E-state index contributed by atoms with van der Waals surface area (Å²) in [4.78, 5) is 0. The maximum absolute atomic E-state index is 5.47. The molecule has 2 saturated heterocycles. The molecule has 0 amide bonds. The van der Waals surface area contributed by atoms with Gasteiger partial charge in [0, 0.05) is 5.41 Å². The first-order valence-electron chi connectivity index (χ1n) is 3.97. The smallest absolute Gasteiger partial charge is 0.163 e. The number of fused-ring (bicyclic) bond motifs is 1. The number of hydrogen-bond acceptors (Lipinski definition) is 2. The zero-order valence-corrected chi connectivity index (χ0v) is 6.59. The van der Waals surface area contributed by atoms with Crippen LogP contribution in [0, 0.1) is 11.3 Å². The van der Waals surface area contributed by atoms with Gasteiger partial charge in [-0.2, -0.15) is 0 Å². The molecule has 0 aromatic heterocycles. The molecule has 3 atom stereocenters. The molecule has 2 rings (SSSR count). The molecule has 1 unspecified atom stereocenters. The molecule has 2 aliphatic heterocycles. The van der Waals surface area contributed by atoms with Crippen LogP contribution in [0.15, 0.2) is 0 Å². The molecule has 2 aliphatic rings. The van der Waals surface area contributed by atoms with Crippen LogP contribution >= 0.6 is 0 Å². The van der Waals surface area contributed by atoms with Gasteiger partial charge < -0.3 is 9.47 Å². The molecule has 58 valence electrons. The van der Waals surface area contributed by atoms with Crippen LogP contribution in [0.2, 0.25) is 0 Å². The highest BCUT2D eigenvalue weighted by molar-refractivity contribution is 4.91. The minimum Gasteiger partial charge on any atom is -0.352 e. The highest BCUT2D eigenvalue weighted by atomic mass is 16.7. The van der Waals surface area contributed by atoms with Crippen molar-refractivity contribution in [3.05, 3.63) is 0 Å². The average Bonchev–Trinajstić information content (AvgIpc) is 2.36. The second-order valence-electron chi connectivity index (χ2n) is 3.69. The minimum absolute atomic E-state index is 0.0995. The fourth-order valence-electron chi connectivity index (χ4n) is 1.83. The number of ether oxygens (including phenoxy) is 2. The van der Waals surface area contributed by atoms with Crippen LogP contribution in [0.5, 0.6) is 0 Å². The first kappa shape index (κ1) is 6.62. The van der Waals surface area contributed by atoms with E-state index in [0.29, 0.717) is 11.3 Å². The Morgan fingerprint density at radius 1 is 1.40 bits per heavy atom. The van der Waals surface area contributed by atoms with Crippen molar-refractivity contribution in [3.8, 4) is 0 Å². The van der Waals surface area contributed by atoms with E-state index in [1.165, 1.54) is 6.42 Å². The summed E-state index contributed by atoms with van der Waals surface area (Å²) in [5, 5.41) is 0. The van der Waals surface area contributed by atoms with E-state index in [-0.39, 0.29) is 6.29 Å². The Morgan fingerprint density at radius 3 is 2.90 bits per heavy atom. The van der Waals surface area contributed by atoms with E-state index in [0.717, 1.165) is 13.2 Å². The lowest BCUT2D eigenvalue weighted by Crippen LogP contribution is -2.26. The molecule has 0 aromatic carbocycles. The Morgan fingerprint density at radius 2 is 2.20 bits per heavy atom. The molecule has 2 fully saturated rings. The van der Waals surface area contributed by atoms with Crippen molar-refractivity contribution in [1.82, 2.24) is 0 Å². The Balaban J connectivity index is 2.21. The topological polar surface area (TPSA) is 18.5 Å². The van der Waals surface area contributed by atoms with Crippen molar-refractivity contribution < 1.29 is 9.47 Å². The SMILES string of the molecule is C[C@H]1COC2OCC[C@@]21C. The highest BCUT2D eigenvalue weighted by Gasteiger charge is 2.49. The highest BCUT2D eigenvalue weighted by Crippen LogP contribution is 2.46. The molecule has 0 spiro atoms. The van der Waals surface area contributed by atoms with Crippen molar-refractivity contribution >= 4 is 0 Å². The van der Waals surface area contributed by atoms with Crippen LogP contribution in [-0.2, 0) is 9.47 Å². The lowest BCUT2D eigenvalue weighted by atomic mass is 9.79. The zero-order chi connectivity index (χ0) is 7.19. The summed E-state index contributed by atoms with van der Waals surface area (Å²) in [7, 11) is 0. The third kappa shape index (κ3) is 0.663. The van der Waals surface area contributed by atoms with E-state index in [1.807, 2.05) is 0 Å². The molecule has 0 saturated carbocycles. The molecule has 2 nitrogen and oxygen atoms in total. The summed E-state index contributed by atoms with van der Waals surface area (Å²) < 4.78 is 10.9. The molecule has 0 bridgehead atoms. The number of hydrogen-bond donors (Lipinski definition) is 0. The fourth-order valence-corrected chi connectivity index (χ4v) is 1.83. The van der Waals surface area contributed by atoms with Gasteiger partial charge in [0.15, 0.2) is 6.29 Å². The van der Waals surface area contributed by atoms with Gasteiger partial charge in [0.25, 0.3) is 0 Å². The van der Waals surface area contributed by atoms with E-state index in [9.17, 15) is 0 Å². The maximum Gasteiger partial charge on any atom is 0.163 e. The zero-order valence-electron chi connectivity index (χ0n) is 6.59. The van der Waals surface area contributed by atoms with Crippen LogP contribution in [0.4, 0.5) is 0 Å². The van der Waals surface area contributed by atoms with Crippen molar-refractivity contribution in [2.45, 2.75) is 26.6 Å². The van der Waals surface area contributed by atoms with Gasteiger partial charge in [-0.3, -0.25) is 0 Å². The first-order valence-corrected chi connectivity index (χ1v) is 3.97. The summed E-state index contributed by atoms with van der Waals surface area (Å²) in [6, 6.07) is 0. The molecular formula is C8H14O2. The first-order chi connectivity index (χ1) is 4.73. The molecular weight excluding hydrogens is 128 g/mol. The van der Waals surface area contributed by atoms with Gasteiger partial charge in [-0.15, -0.1) is 0 Å². The van der Waals surface area contributed by atoms with Gasteiger partial charge in [-0.1, -0.05) is 13.8 Å². The van der Waals surface area contributed by atoms with Gasteiger partial charge in [0.1, 0.15) is 0 Å². The minimum atomic E-state index is 0.0995. The molecule has 0 N–H and O–H groups in total. The summed E-state index contributed by atoms with van der Waals surface area (Å²) in [6.07, 6.45) is 1.27. The average molecular weight is 142 g/mol. The normalized spacial score (nSPS) is 53.4. The molecule has 0 radical (unpaired) electrons. The van der Waals surface area contributed by atoms with Gasteiger partial charge in [-0.05, 0) is 12.3 Å². The van der Waals surface area contributed by atoms with Gasteiger partial charge in [-0.25, -0.2) is 0 Å². The van der Waals surface area contributed by atoms with Crippen LogP contribution < -0.4 is 0 Å². The van der Waals surface area contributed by atoms with Crippen LogP contribution in [0.3, 0.4) is 0 Å². The second-order valence-corrected chi connectivity index (χ2v) is 3.69. The van der Waals surface area contributed by atoms with Crippen LogP contribution in [0.25, 0.3) is 0 Å². The third-order valence-corrected chi connectivity index (χ3v) is 3.07. The van der Waals surface area contributed by atoms with Crippen LogP contribution in [-0.4, -0.2) is 19.5 Å². The van der Waals surface area contributed by atoms with E-state index in [4.69, 9.17) is 9.47 Å². The van der Waals surface area contributed by atoms with E-state index < -0.39 is 0 Å². The molecule has 0 aliphatic carbocycles. The van der Waals surface area contributed by atoms with E-state index in [1.54, 1.807) is 0 Å². The lowest BCUT2D eigenvalue weighted by Gasteiger charge is -2.23. The second kappa shape index (κ2) is 1.95. The molecule has 2 heteroatoms. The molecule has 0 aromatic rings. The summed E-state index contributed by atoms with van der Waals surface area (Å²) in [6.45, 7) is 6.27. The lowest BCUT2D eigenvalue weighted by molar-refractivity contribution is -0.107. The standard InChI is InChI=1S/C8H14O2/c1-6-5-10-7-8(6,2)3-4-9-7/h6-7H,3-5H2,1-2H3/t6-,7?,8+/m0/s1.